The van der Waals surface area contributed by atoms with Crippen LogP contribution < -0.4 is 4.90 Å². The Morgan fingerprint density at radius 3 is 3.13 bits per heavy atom. The third-order valence-corrected chi connectivity index (χ3v) is 3.62. The van der Waals surface area contributed by atoms with Gasteiger partial charge in [-0.25, -0.2) is 0 Å². The molecule has 2 rings (SSSR count). The Kier molecular flexibility index (Phi) is 3.26. The molecule has 2 atom stereocenters. The highest BCUT2D eigenvalue weighted by Gasteiger charge is 2.27. The second kappa shape index (κ2) is 4.49. The molecule has 3 nitrogen and oxygen atoms in total. The fourth-order valence-electron chi connectivity index (χ4n) is 2.06. The van der Waals surface area contributed by atoms with Crippen LogP contribution in [0, 0.1) is 0 Å². The monoisotopic (exact) mass is 270 g/mol. The van der Waals surface area contributed by atoms with Crippen molar-refractivity contribution < 1.29 is 5.11 Å². The molecule has 1 N–H and O–H groups in total. The van der Waals surface area contributed by atoms with Crippen molar-refractivity contribution in [1.82, 2.24) is 4.98 Å². The Bertz CT molecular complexity index is 345. The molecule has 1 aliphatic rings. The van der Waals surface area contributed by atoms with E-state index in [0.29, 0.717) is 0 Å². The van der Waals surface area contributed by atoms with Crippen molar-refractivity contribution in [1.29, 1.82) is 0 Å². The Hall–Kier alpha value is -0.610. The summed E-state index contributed by atoms with van der Waals surface area (Å²) in [6, 6.07) is 2.16. The van der Waals surface area contributed by atoms with Crippen molar-refractivity contribution in [2.75, 3.05) is 11.4 Å². The molecule has 15 heavy (non-hydrogen) atoms. The minimum atomic E-state index is -0.223. The number of hydrogen-bond acceptors (Lipinski definition) is 3. The van der Waals surface area contributed by atoms with Crippen LogP contribution in [-0.4, -0.2) is 28.8 Å². The molecule has 0 bridgehead atoms. The van der Waals surface area contributed by atoms with Gasteiger partial charge in [0.05, 0.1) is 22.3 Å². The molecule has 0 saturated carbocycles. The predicted octanol–water partition coefficient (Wildman–Crippen LogP) is 2.19. The van der Waals surface area contributed by atoms with E-state index >= 15 is 0 Å². The van der Waals surface area contributed by atoms with Gasteiger partial charge < -0.3 is 10.0 Å². The number of pyridine rings is 1. The SMILES string of the molecule is CC1C(O)CCCN1c1ccncc1Br. The maximum atomic E-state index is 9.83. The number of halogens is 1. The summed E-state index contributed by atoms with van der Waals surface area (Å²) in [5.41, 5.74) is 1.12. The van der Waals surface area contributed by atoms with Gasteiger partial charge in [-0.2, -0.15) is 0 Å². The molecular formula is C11H15BrN2O. The second-order valence-corrected chi connectivity index (χ2v) is 4.82. The lowest BCUT2D eigenvalue weighted by Gasteiger charge is -2.39. The van der Waals surface area contributed by atoms with Gasteiger partial charge in [-0.3, -0.25) is 4.98 Å². The summed E-state index contributed by atoms with van der Waals surface area (Å²) in [7, 11) is 0. The van der Waals surface area contributed by atoms with Gasteiger partial charge in [-0.1, -0.05) is 0 Å². The van der Waals surface area contributed by atoms with Gasteiger partial charge >= 0.3 is 0 Å². The largest absolute Gasteiger partial charge is 0.391 e. The standard InChI is InChI=1S/C11H15BrN2O/c1-8-11(15)3-2-6-14(8)10-4-5-13-7-9(10)12/h4-5,7-8,11,15H,2-3,6H2,1H3. The van der Waals surface area contributed by atoms with E-state index in [-0.39, 0.29) is 12.1 Å². The number of rotatable bonds is 1. The highest BCUT2D eigenvalue weighted by atomic mass is 79.9. The average Bonchev–Trinajstić information content (AvgIpc) is 2.23. The topological polar surface area (TPSA) is 36.4 Å². The van der Waals surface area contributed by atoms with Crippen LogP contribution in [0.3, 0.4) is 0 Å². The lowest BCUT2D eigenvalue weighted by Crippen LogP contribution is -2.46. The first-order valence-corrected chi connectivity index (χ1v) is 6.03. The van der Waals surface area contributed by atoms with E-state index in [0.717, 1.165) is 29.5 Å². The van der Waals surface area contributed by atoms with Crippen molar-refractivity contribution in [3.8, 4) is 0 Å². The molecule has 0 radical (unpaired) electrons. The van der Waals surface area contributed by atoms with Gasteiger partial charge in [0, 0.05) is 18.9 Å². The van der Waals surface area contributed by atoms with Crippen molar-refractivity contribution in [3.63, 3.8) is 0 Å². The van der Waals surface area contributed by atoms with Crippen molar-refractivity contribution in [2.24, 2.45) is 0 Å². The number of aliphatic hydroxyl groups excluding tert-OH is 1. The number of aromatic nitrogens is 1. The molecule has 0 aliphatic carbocycles. The first-order valence-electron chi connectivity index (χ1n) is 5.24. The van der Waals surface area contributed by atoms with Gasteiger partial charge in [-0.15, -0.1) is 0 Å². The molecular weight excluding hydrogens is 256 g/mol. The van der Waals surface area contributed by atoms with Gasteiger partial charge in [-0.05, 0) is 41.8 Å². The Morgan fingerprint density at radius 1 is 1.60 bits per heavy atom. The Labute approximate surface area is 98.3 Å². The molecule has 1 fully saturated rings. The summed E-state index contributed by atoms with van der Waals surface area (Å²) in [6.07, 6.45) is 5.30. The van der Waals surface area contributed by atoms with Crippen molar-refractivity contribution in [2.45, 2.75) is 31.9 Å². The summed E-state index contributed by atoms with van der Waals surface area (Å²) in [6.45, 7) is 3.07. The van der Waals surface area contributed by atoms with E-state index in [4.69, 9.17) is 0 Å². The van der Waals surface area contributed by atoms with E-state index in [1.807, 2.05) is 6.07 Å². The van der Waals surface area contributed by atoms with Crippen LogP contribution >= 0.6 is 15.9 Å². The zero-order chi connectivity index (χ0) is 10.8. The molecule has 2 unspecified atom stereocenters. The summed E-state index contributed by atoms with van der Waals surface area (Å²) in [5, 5.41) is 9.83. The maximum Gasteiger partial charge on any atom is 0.0741 e. The van der Waals surface area contributed by atoms with E-state index in [1.165, 1.54) is 0 Å². The molecule has 1 aromatic heterocycles. The number of anilines is 1. The first-order chi connectivity index (χ1) is 7.20. The summed E-state index contributed by atoms with van der Waals surface area (Å²) >= 11 is 3.49. The van der Waals surface area contributed by atoms with Gasteiger partial charge in [0.1, 0.15) is 0 Å². The number of aliphatic hydroxyl groups is 1. The van der Waals surface area contributed by atoms with Crippen LogP contribution in [0.2, 0.25) is 0 Å². The van der Waals surface area contributed by atoms with Crippen LogP contribution in [0.4, 0.5) is 5.69 Å². The number of piperidine rings is 1. The van der Waals surface area contributed by atoms with Crippen LogP contribution in [0.25, 0.3) is 0 Å². The molecule has 82 valence electrons. The average molecular weight is 271 g/mol. The third kappa shape index (κ3) is 2.16. The van der Waals surface area contributed by atoms with Crippen LogP contribution in [-0.2, 0) is 0 Å². The van der Waals surface area contributed by atoms with E-state index in [9.17, 15) is 5.11 Å². The Morgan fingerprint density at radius 2 is 2.40 bits per heavy atom. The highest BCUT2D eigenvalue weighted by Crippen LogP contribution is 2.30. The van der Waals surface area contributed by atoms with E-state index < -0.39 is 0 Å². The third-order valence-electron chi connectivity index (χ3n) is 3.01. The maximum absolute atomic E-state index is 9.83. The molecule has 0 amide bonds. The Balaban J connectivity index is 2.26. The van der Waals surface area contributed by atoms with Crippen LogP contribution in [0.15, 0.2) is 22.9 Å². The van der Waals surface area contributed by atoms with Gasteiger partial charge in [0.2, 0.25) is 0 Å². The minimum Gasteiger partial charge on any atom is -0.391 e. The number of hydrogen-bond donors (Lipinski definition) is 1. The van der Waals surface area contributed by atoms with Crippen molar-refractivity contribution >= 4 is 21.6 Å². The zero-order valence-corrected chi connectivity index (χ0v) is 10.3. The molecule has 1 saturated heterocycles. The zero-order valence-electron chi connectivity index (χ0n) is 8.73. The lowest BCUT2D eigenvalue weighted by atomic mass is 10.00. The first kappa shape index (κ1) is 10.9. The fourth-order valence-corrected chi connectivity index (χ4v) is 2.54. The van der Waals surface area contributed by atoms with E-state index in [2.05, 4.69) is 32.7 Å². The predicted molar refractivity (Wildman–Crippen MR) is 64.0 cm³/mol. The number of nitrogens with zero attached hydrogens (tertiary/aromatic N) is 2. The van der Waals surface area contributed by atoms with Gasteiger partial charge in [0.15, 0.2) is 0 Å². The van der Waals surface area contributed by atoms with Crippen LogP contribution in [0.5, 0.6) is 0 Å². The summed E-state index contributed by atoms with van der Waals surface area (Å²) in [5.74, 6) is 0. The smallest absolute Gasteiger partial charge is 0.0741 e. The molecule has 2 heterocycles. The fraction of sp³-hybridized carbons (Fsp3) is 0.545. The van der Waals surface area contributed by atoms with Gasteiger partial charge in [0.25, 0.3) is 0 Å². The van der Waals surface area contributed by atoms with E-state index in [1.54, 1.807) is 12.4 Å². The molecule has 1 aliphatic heterocycles. The van der Waals surface area contributed by atoms with Crippen LogP contribution in [0.1, 0.15) is 19.8 Å². The second-order valence-electron chi connectivity index (χ2n) is 3.97. The summed E-state index contributed by atoms with van der Waals surface area (Å²) in [4.78, 5) is 6.28. The lowest BCUT2D eigenvalue weighted by molar-refractivity contribution is 0.119. The minimum absolute atomic E-state index is 0.178. The molecule has 4 heteroatoms. The molecule has 0 spiro atoms. The van der Waals surface area contributed by atoms with Crippen molar-refractivity contribution in [3.05, 3.63) is 22.9 Å². The quantitative estimate of drug-likeness (QED) is 0.850. The highest BCUT2D eigenvalue weighted by molar-refractivity contribution is 9.10. The molecule has 1 aromatic rings. The normalized spacial score (nSPS) is 26.7. The molecule has 0 aromatic carbocycles. The summed E-state index contributed by atoms with van der Waals surface area (Å²) < 4.78 is 0.992.